The fourth-order valence-corrected chi connectivity index (χ4v) is 1.31. The van der Waals surface area contributed by atoms with Gasteiger partial charge in [-0.2, -0.15) is 13.2 Å². The van der Waals surface area contributed by atoms with E-state index in [4.69, 9.17) is 11.5 Å². The largest absolute Gasteiger partial charge is 0.496 e. The Kier molecular flexibility index (Phi) is 3.77. The summed E-state index contributed by atoms with van der Waals surface area (Å²) in [6.45, 7) is 0.0869. The van der Waals surface area contributed by atoms with Crippen LogP contribution in [0.1, 0.15) is 17.2 Å². The summed E-state index contributed by atoms with van der Waals surface area (Å²) in [5, 5.41) is 0. The van der Waals surface area contributed by atoms with Gasteiger partial charge in [-0.25, -0.2) is 0 Å². The summed E-state index contributed by atoms with van der Waals surface area (Å²) in [6.07, 6.45) is -4.46. The van der Waals surface area contributed by atoms with E-state index in [2.05, 4.69) is 4.74 Å². The van der Waals surface area contributed by atoms with Gasteiger partial charge in [-0.05, 0) is 17.7 Å². The van der Waals surface area contributed by atoms with E-state index >= 15 is 0 Å². The highest BCUT2D eigenvalue weighted by molar-refractivity contribution is 5.40. The zero-order valence-corrected chi connectivity index (χ0v) is 8.71. The highest BCUT2D eigenvalue weighted by Crippen LogP contribution is 2.37. The number of nitrogens with two attached hydrogens (primary N) is 2. The zero-order valence-electron chi connectivity index (χ0n) is 8.71. The van der Waals surface area contributed by atoms with E-state index in [1.165, 1.54) is 19.2 Å². The summed E-state index contributed by atoms with van der Waals surface area (Å²) in [5.41, 5.74) is 10.4. The van der Waals surface area contributed by atoms with Crippen LogP contribution in [0, 0.1) is 0 Å². The van der Waals surface area contributed by atoms with E-state index in [1.807, 2.05) is 0 Å². The topological polar surface area (TPSA) is 61.3 Å². The van der Waals surface area contributed by atoms with Crippen LogP contribution in [0.25, 0.3) is 0 Å². The second-order valence-corrected chi connectivity index (χ2v) is 3.30. The van der Waals surface area contributed by atoms with Crippen LogP contribution in [-0.4, -0.2) is 13.7 Å². The highest BCUT2D eigenvalue weighted by Gasteiger charge is 2.34. The number of ether oxygens (including phenoxy) is 1. The van der Waals surface area contributed by atoms with E-state index in [0.29, 0.717) is 5.56 Å². The molecule has 0 bridgehead atoms. The molecule has 16 heavy (non-hydrogen) atoms. The fraction of sp³-hybridized carbons (Fsp3) is 0.400. The van der Waals surface area contributed by atoms with Gasteiger partial charge in [0.1, 0.15) is 5.75 Å². The predicted octanol–water partition coefficient (Wildman–Crippen LogP) is 1.67. The van der Waals surface area contributed by atoms with E-state index < -0.39 is 17.8 Å². The first-order valence-electron chi connectivity index (χ1n) is 4.61. The first-order chi connectivity index (χ1) is 7.40. The minimum atomic E-state index is -4.46. The van der Waals surface area contributed by atoms with Crippen molar-refractivity contribution >= 4 is 0 Å². The molecule has 1 rings (SSSR count). The van der Waals surface area contributed by atoms with E-state index in [1.54, 1.807) is 0 Å². The molecule has 90 valence electrons. The standard InChI is InChI=1S/C10H13F3N2O/c1-16-9-3-2-6(8(15)5-14)4-7(9)10(11,12)13/h2-4,8H,5,14-15H2,1H3/t8-/m1/s1. The lowest BCUT2D eigenvalue weighted by molar-refractivity contribution is -0.138. The third kappa shape index (κ3) is 2.65. The predicted molar refractivity (Wildman–Crippen MR) is 54.0 cm³/mol. The maximum Gasteiger partial charge on any atom is 0.419 e. The third-order valence-electron chi connectivity index (χ3n) is 2.21. The van der Waals surface area contributed by atoms with Crippen molar-refractivity contribution in [2.75, 3.05) is 13.7 Å². The molecule has 4 N–H and O–H groups in total. The molecular weight excluding hydrogens is 221 g/mol. The molecule has 0 aromatic heterocycles. The number of hydrogen-bond acceptors (Lipinski definition) is 3. The average Bonchev–Trinajstić information content (AvgIpc) is 2.26. The van der Waals surface area contributed by atoms with Crippen molar-refractivity contribution in [1.29, 1.82) is 0 Å². The Bertz CT molecular complexity index is 366. The number of methoxy groups -OCH3 is 1. The van der Waals surface area contributed by atoms with E-state index in [-0.39, 0.29) is 12.3 Å². The van der Waals surface area contributed by atoms with Crippen molar-refractivity contribution in [3.8, 4) is 5.75 Å². The molecule has 0 fully saturated rings. The molecule has 0 radical (unpaired) electrons. The number of halogens is 3. The molecule has 0 unspecified atom stereocenters. The van der Waals surface area contributed by atoms with Crippen molar-refractivity contribution < 1.29 is 17.9 Å². The fourth-order valence-electron chi connectivity index (χ4n) is 1.31. The zero-order chi connectivity index (χ0) is 12.3. The Morgan fingerprint density at radius 3 is 2.44 bits per heavy atom. The average molecular weight is 234 g/mol. The van der Waals surface area contributed by atoms with Crippen molar-refractivity contribution in [3.63, 3.8) is 0 Å². The molecule has 1 aromatic carbocycles. The first kappa shape index (κ1) is 12.8. The summed E-state index contributed by atoms with van der Waals surface area (Å²) in [6, 6.07) is 3.09. The maximum atomic E-state index is 12.6. The maximum absolute atomic E-state index is 12.6. The van der Waals surface area contributed by atoms with E-state index in [9.17, 15) is 13.2 Å². The Morgan fingerprint density at radius 2 is 2.00 bits per heavy atom. The van der Waals surface area contributed by atoms with Gasteiger partial charge < -0.3 is 16.2 Å². The van der Waals surface area contributed by atoms with Crippen LogP contribution in [0.15, 0.2) is 18.2 Å². The second kappa shape index (κ2) is 4.71. The normalized spacial score (nSPS) is 13.6. The van der Waals surface area contributed by atoms with Gasteiger partial charge in [0.25, 0.3) is 0 Å². The van der Waals surface area contributed by atoms with Crippen molar-refractivity contribution in [1.82, 2.24) is 0 Å². The smallest absolute Gasteiger partial charge is 0.419 e. The summed E-state index contributed by atoms with van der Waals surface area (Å²) >= 11 is 0. The molecule has 0 spiro atoms. The molecule has 0 heterocycles. The van der Waals surface area contributed by atoms with Gasteiger partial charge in [0.15, 0.2) is 0 Å². The Labute approximate surface area is 91.2 Å². The van der Waals surface area contributed by atoms with Crippen molar-refractivity contribution in [2.24, 2.45) is 11.5 Å². The van der Waals surface area contributed by atoms with Gasteiger partial charge >= 0.3 is 6.18 Å². The van der Waals surface area contributed by atoms with Crippen LogP contribution in [0.4, 0.5) is 13.2 Å². The SMILES string of the molecule is COc1ccc([C@H](N)CN)cc1C(F)(F)F. The molecule has 1 atom stereocenters. The number of benzene rings is 1. The Balaban J connectivity index is 3.22. The molecule has 0 aliphatic rings. The number of hydrogen-bond donors (Lipinski definition) is 2. The van der Waals surface area contributed by atoms with Crippen LogP contribution in [0.3, 0.4) is 0 Å². The van der Waals surface area contributed by atoms with Gasteiger partial charge in [-0.3, -0.25) is 0 Å². The number of rotatable bonds is 3. The Hall–Kier alpha value is -1.27. The minimum absolute atomic E-state index is 0.0869. The van der Waals surface area contributed by atoms with Gasteiger partial charge in [0.05, 0.1) is 12.7 Å². The highest BCUT2D eigenvalue weighted by atomic mass is 19.4. The molecule has 0 saturated carbocycles. The van der Waals surface area contributed by atoms with Crippen molar-refractivity contribution in [3.05, 3.63) is 29.3 Å². The molecule has 0 amide bonds. The monoisotopic (exact) mass is 234 g/mol. The molecule has 0 aliphatic heterocycles. The van der Waals surface area contributed by atoms with Crippen LogP contribution in [0.2, 0.25) is 0 Å². The van der Waals surface area contributed by atoms with Gasteiger partial charge in [0.2, 0.25) is 0 Å². The van der Waals surface area contributed by atoms with Gasteiger partial charge in [0, 0.05) is 12.6 Å². The van der Waals surface area contributed by atoms with Gasteiger partial charge in [-0.15, -0.1) is 0 Å². The van der Waals surface area contributed by atoms with Gasteiger partial charge in [-0.1, -0.05) is 6.07 Å². The number of alkyl halides is 3. The quantitative estimate of drug-likeness (QED) is 0.836. The lowest BCUT2D eigenvalue weighted by Gasteiger charge is -2.15. The molecule has 3 nitrogen and oxygen atoms in total. The van der Waals surface area contributed by atoms with Crippen molar-refractivity contribution in [2.45, 2.75) is 12.2 Å². The lowest BCUT2D eigenvalue weighted by Crippen LogP contribution is -2.21. The first-order valence-corrected chi connectivity index (χ1v) is 4.61. The Morgan fingerprint density at radius 1 is 1.38 bits per heavy atom. The molecule has 1 aromatic rings. The second-order valence-electron chi connectivity index (χ2n) is 3.30. The summed E-state index contributed by atoms with van der Waals surface area (Å²) in [4.78, 5) is 0. The third-order valence-corrected chi connectivity index (χ3v) is 2.21. The van der Waals surface area contributed by atoms with Crippen LogP contribution < -0.4 is 16.2 Å². The summed E-state index contributed by atoms with van der Waals surface area (Å²) in [5.74, 6) is -0.222. The molecular formula is C10H13F3N2O. The molecule has 0 aliphatic carbocycles. The van der Waals surface area contributed by atoms with Crippen LogP contribution in [-0.2, 0) is 6.18 Å². The summed E-state index contributed by atoms with van der Waals surface area (Å²) < 4.78 is 42.5. The molecule has 6 heteroatoms. The van der Waals surface area contributed by atoms with Crippen LogP contribution in [0.5, 0.6) is 5.75 Å². The van der Waals surface area contributed by atoms with E-state index in [0.717, 1.165) is 6.07 Å². The lowest BCUT2D eigenvalue weighted by atomic mass is 10.0. The minimum Gasteiger partial charge on any atom is -0.496 e. The molecule has 0 saturated heterocycles. The van der Waals surface area contributed by atoms with Crippen LogP contribution >= 0.6 is 0 Å². The summed E-state index contributed by atoms with van der Waals surface area (Å²) in [7, 11) is 1.19.